The molecule has 0 spiro atoms. The van der Waals surface area contributed by atoms with Crippen molar-refractivity contribution in [1.29, 1.82) is 0 Å². The summed E-state index contributed by atoms with van der Waals surface area (Å²) in [4.78, 5) is 23.6. The van der Waals surface area contributed by atoms with Crippen LogP contribution in [-0.4, -0.2) is 18.4 Å². The Morgan fingerprint density at radius 3 is 2.86 bits per heavy atom. The molecular formula is C18H25NO3. The van der Waals surface area contributed by atoms with E-state index in [9.17, 15) is 9.59 Å². The van der Waals surface area contributed by atoms with Crippen LogP contribution in [0.3, 0.4) is 0 Å². The Hall–Kier alpha value is -1.84. The molecule has 1 aromatic rings. The lowest BCUT2D eigenvalue weighted by Crippen LogP contribution is -2.35. The maximum absolute atomic E-state index is 11.8. The van der Waals surface area contributed by atoms with Crippen molar-refractivity contribution >= 4 is 11.9 Å². The van der Waals surface area contributed by atoms with Crippen molar-refractivity contribution in [3.63, 3.8) is 0 Å². The van der Waals surface area contributed by atoms with E-state index in [0.29, 0.717) is 18.7 Å². The van der Waals surface area contributed by atoms with Crippen molar-refractivity contribution in [1.82, 2.24) is 5.32 Å². The first-order chi connectivity index (χ1) is 10.5. The highest BCUT2D eigenvalue weighted by atomic mass is 16.5. The fraction of sp³-hybridized carbons (Fsp3) is 0.556. The van der Waals surface area contributed by atoms with Gasteiger partial charge >= 0.3 is 5.97 Å². The van der Waals surface area contributed by atoms with Crippen molar-refractivity contribution < 1.29 is 14.3 Å². The topological polar surface area (TPSA) is 55.4 Å². The van der Waals surface area contributed by atoms with E-state index in [1.54, 1.807) is 0 Å². The minimum absolute atomic E-state index is 0.0565. The number of benzene rings is 1. The van der Waals surface area contributed by atoms with Gasteiger partial charge in [-0.2, -0.15) is 0 Å². The number of amides is 1. The van der Waals surface area contributed by atoms with Gasteiger partial charge in [-0.05, 0) is 25.3 Å². The Morgan fingerprint density at radius 2 is 2.14 bits per heavy atom. The molecule has 4 heteroatoms. The van der Waals surface area contributed by atoms with Crippen molar-refractivity contribution in [3.05, 3.63) is 29.8 Å². The molecule has 22 heavy (non-hydrogen) atoms. The molecule has 2 rings (SSSR count). The van der Waals surface area contributed by atoms with E-state index < -0.39 is 0 Å². The fourth-order valence-corrected chi connectivity index (χ4v) is 2.90. The number of carbonyl (C=O) groups excluding carboxylic acids is 2. The highest BCUT2D eigenvalue weighted by Crippen LogP contribution is 2.41. The van der Waals surface area contributed by atoms with Gasteiger partial charge in [-0.1, -0.05) is 39.0 Å². The van der Waals surface area contributed by atoms with E-state index >= 15 is 0 Å². The van der Waals surface area contributed by atoms with E-state index in [4.69, 9.17) is 4.74 Å². The van der Waals surface area contributed by atoms with Gasteiger partial charge in [0.15, 0.2) is 0 Å². The Balaban J connectivity index is 1.95. The first-order valence-electron chi connectivity index (χ1n) is 8.04. The van der Waals surface area contributed by atoms with Crippen LogP contribution in [0, 0.1) is 5.92 Å². The fourth-order valence-electron chi connectivity index (χ4n) is 2.90. The molecule has 0 bridgehead atoms. The summed E-state index contributed by atoms with van der Waals surface area (Å²) in [6.07, 6.45) is 2.94. The lowest BCUT2D eigenvalue weighted by molar-refractivity contribution is -0.137. The van der Waals surface area contributed by atoms with Crippen molar-refractivity contribution in [3.8, 4) is 5.75 Å². The van der Waals surface area contributed by atoms with Crippen molar-refractivity contribution in [2.45, 2.75) is 51.9 Å². The smallest absolute Gasteiger partial charge is 0.312 e. The number of carbonyl (C=O) groups is 2. The van der Waals surface area contributed by atoms with Gasteiger partial charge in [-0.3, -0.25) is 9.59 Å². The van der Waals surface area contributed by atoms with E-state index in [1.165, 1.54) is 0 Å². The van der Waals surface area contributed by atoms with Gasteiger partial charge in [-0.15, -0.1) is 0 Å². The van der Waals surface area contributed by atoms with Crippen LogP contribution in [0.5, 0.6) is 5.75 Å². The molecule has 1 aromatic carbocycles. The third kappa shape index (κ3) is 3.67. The van der Waals surface area contributed by atoms with Gasteiger partial charge in [0.2, 0.25) is 5.91 Å². The standard InChI is InChI=1S/C18H25NO3/c1-4-13(2)17(21)19-11-7-10-18(3)12-16(20)22-15-9-6-5-8-14(15)18/h5-6,8-9,13H,4,7,10-12H2,1-3H3,(H,19,21). The molecule has 4 nitrogen and oxygen atoms in total. The quantitative estimate of drug-likeness (QED) is 0.499. The summed E-state index contributed by atoms with van der Waals surface area (Å²) in [6, 6.07) is 7.72. The number of para-hydroxylation sites is 1. The molecule has 0 saturated heterocycles. The van der Waals surface area contributed by atoms with E-state index in [-0.39, 0.29) is 23.2 Å². The molecule has 0 aromatic heterocycles. The maximum Gasteiger partial charge on any atom is 0.312 e. The van der Waals surface area contributed by atoms with Crippen LogP contribution >= 0.6 is 0 Å². The predicted molar refractivity (Wildman–Crippen MR) is 85.7 cm³/mol. The summed E-state index contributed by atoms with van der Waals surface area (Å²) in [7, 11) is 0. The zero-order chi connectivity index (χ0) is 16.2. The van der Waals surface area contributed by atoms with Crippen LogP contribution in [0.1, 0.15) is 52.0 Å². The van der Waals surface area contributed by atoms with Gasteiger partial charge in [0.05, 0.1) is 6.42 Å². The summed E-state index contributed by atoms with van der Waals surface area (Å²) < 4.78 is 5.31. The third-order valence-electron chi connectivity index (χ3n) is 4.56. The lowest BCUT2D eigenvalue weighted by Gasteiger charge is -2.34. The number of nitrogens with one attached hydrogen (secondary N) is 1. The minimum Gasteiger partial charge on any atom is -0.426 e. The number of rotatable bonds is 6. The Morgan fingerprint density at radius 1 is 1.41 bits per heavy atom. The average molecular weight is 303 g/mol. The zero-order valence-corrected chi connectivity index (χ0v) is 13.6. The van der Waals surface area contributed by atoms with Gasteiger partial charge in [0.1, 0.15) is 5.75 Å². The van der Waals surface area contributed by atoms with E-state index in [1.807, 2.05) is 38.1 Å². The molecule has 0 fully saturated rings. The first-order valence-corrected chi connectivity index (χ1v) is 8.04. The molecule has 2 atom stereocenters. The monoisotopic (exact) mass is 303 g/mol. The molecule has 0 aliphatic carbocycles. The number of hydrogen-bond acceptors (Lipinski definition) is 3. The maximum atomic E-state index is 11.8. The molecule has 1 N–H and O–H groups in total. The largest absolute Gasteiger partial charge is 0.426 e. The highest BCUT2D eigenvalue weighted by molar-refractivity contribution is 5.78. The summed E-state index contributed by atoms with van der Waals surface area (Å²) in [5.41, 5.74) is 0.871. The summed E-state index contributed by atoms with van der Waals surface area (Å²) in [6.45, 7) is 6.69. The second kappa shape index (κ2) is 6.95. The van der Waals surface area contributed by atoms with Crippen LogP contribution in [-0.2, 0) is 15.0 Å². The SMILES string of the molecule is CCC(C)C(=O)NCCCC1(C)CC(=O)Oc2ccccc21. The molecule has 1 heterocycles. The van der Waals surface area contributed by atoms with Crippen LogP contribution in [0.15, 0.2) is 24.3 Å². The molecule has 120 valence electrons. The molecule has 0 radical (unpaired) electrons. The molecule has 0 saturated carbocycles. The molecule has 2 unspecified atom stereocenters. The Labute approximate surface area is 132 Å². The minimum atomic E-state index is -0.215. The van der Waals surface area contributed by atoms with Crippen molar-refractivity contribution in [2.75, 3.05) is 6.54 Å². The second-order valence-corrected chi connectivity index (χ2v) is 6.41. The zero-order valence-electron chi connectivity index (χ0n) is 13.6. The molecular weight excluding hydrogens is 278 g/mol. The third-order valence-corrected chi connectivity index (χ3v) is 4.56. The van der Waals surface area contributed by atoms with Gasteiger partial charge < -0.3 is 10.1 Å². The summed E-state index contributed by atoms with van der Waals surface area (Å²) >= 11 is 0. The van der Waals surface area contributed by atoms with E-state index in [0.717, 1.165) is 24.8 Å². The highest BCUT2D eigenvalue weighted by Gasteiger charge is 2.36. The summed E-state index contributed by atoms with van der Waals surface area (Å²) in [5.74, 6) is 0.659. The molecule has 1 aliphatic heterocycles. The number of ether oxygens (including phenoxy) is 1. The van der Waals surface area contributed by atoms with E-state index in [2.05, 4.69) is 12.2 Å². The van der Waals surface area contributed by atoms with Crippen LogP contribution in [0.4, 0.5) is 0 Å². The van der Waals surface area contributed by atoms with Crippen LogP contribution in [0.25, 0.3) is 0 Å². The Bertz CT molecular complexity index is 555. The number of hydrogen-bond donors (Lipinski definition) is 1. The lowest BCUT2D eigenvalue weighted by atomic mass is 9.74. The normalized spacial score (nSPS) is 21.7. The summed E-state index contributed by atoms with van der Waals surface area (Å²) in [5, 5.41) is 2.97. The molecule has 1 amide bonds. The first kappa shape index (κ1) is 16.5. The average Bonchev–Trinajstić information content (AvgIpc) is 2.50. The second-order valence-electron chi connectivity index (χ2n) is 6.41. The number of esters is 1. The molecule has 1 aliphatic rings. The van der Waals surface area contributed by atoms with Crippen LogP contribution in [0.2, 0.25) is 0 Å². The van der Waals surface area contributed by atoms with Gasteiger partial charge in [0.25, 0.3) is 0 Å². The Kier molecular flexibility index (Phi) is 5.22. The van der Waals surface area contributed by atoms with Crippen molar-refractivity contribution in [2.24, 2.45) is 5.92 Å². The number of fused-ring (bicyclic) bond motifs is 1. The van der Waals surface area contributed by atoms with Crippen LogP contribution < -0.4 is 10.1 Å². The van der Waals surface area contributed by atoms with Gasteiger partial charge in [0, 0.05) is 23.4 Å². The van der Waals surface area contributed by atoms with Gasteiger partial charge in [-0.25, -0.2) is 0 Å². The predicted octanol–water partition coefficient (Wildman–Crippen LogP) is 3.20.